The van der Waals surface area contributed by atoms with Gasteiger partial charge in [-0.05, 0) is 35.4 Å². The molecule has 28 heavy (non-hydrogen) atoms. The van der Waals surface area contributed by atoms with E-state index in [4.69, 9.17) is 4.74 Å². The summed E-state index contributed by atoms with van der Waals surface area (Å²) in [5.74, 6) is -0.686. The Morgan fingerprint density at radius 2 is 2.00 bits per heavy atom. The van der Waals surface area contributed by atoms with E-state index in [0.29, 0.717) is 23.4 Å². The molecule has 2 aromatic rings. The SMILES string of the molecule is COCC(=O)N1N=C(c2cccc(NS(C)(=O)=O)c2)C[C@H]1c1ccc(F)cc1. The molecule has 1 N–H and O–H groups in total. The molecule has 0 aliphatic carbocycles. The van der Waals surface area contributed by atoms with Crippen molar-refractivity contribution in [3.8, 4) is 0 Å². The van der Waals surface area contributed by atoms with E-state index in [1.54, 1.807) is 36.4 Å². The van der Waals surface area contributed by atoms with Crippen LogP contribution in [0.3, 0.4) is 0 Å². The van der Waals surface area contributed by atoms with E-state index >= 15 is 0 Å². The predicted molar refractivity (Wildman–Crippen MR) is 104 cm³/mol. The van der Waals surface area contributed by atoms with Crippen molar-refractivity contribution in [2.45, 2.75) is 12.5 Å². The second-order valence-corrected chi connectivity index (χ2v) is 8.19. The summed E-state index contributed by atoms with van der Waals surface area (Å²) in [5.41, 5.74) is 2.46. The van der Waals surface area contributed by atoms with Crippen LogP contribution in [0.2, 0.25) is 0 Å². The molecule has 0 saturated heterocycles. The Bertz CT molecular complexity index is 1010. The number of carbonyl (C=O) groups is 1. The van der Waals surface area contributed by atoms with Gasteiger partial charge in [-0.1, -0.05) is 24.3 Å². The number of amides is 1. The maximum absolute atomic E-state index is 13.3. The number of hydrazone groups is 1. The van der Waals surface area contributed by atoms with Crippen molar-refractivity contribution in [1.82, 2.24) is 5.01 Å². The van der Waals surface area contributed by atoms with Crippen LogP contribution in [-0.4, -0.2) is 45.0 Å². The average molecular weight is 405 g/mol. The lowest BCUT2D eigenvalue weighted by atomic mass is 9.98. The lowest BCUT2D eigenvalue weighted by Crippen LogP contribution is -2.30. The molecule has 2 aromatic carbocycles. The molecular formula is C19H20FN3O4S. The first-order valence-electron chi connectivity index (χ1n) is 8.49. The quantitative estimate of drug-likeness (QED) is 0.800. The molecule has 0 aromatic heterocycles. The molecule has 1 atom stereocenters. The second-order valence-electron chi connectivity index (χ2n) is 6.44. The van der Waals surface area contributed by atoms with E-state index in [0.717, 1.165) is 11.8 Å². The molecule has 0 spiro atoms. The number of benzene rings is 2. The molecule has 0 fully saturated rings. The van der Waals surface area contributed by atoms with E-state index in [-0.39, 0.29) is 18.3 Å². The fourth-order valence-electron chi connectivity index (χ4n) is 3.03. The van der Waals surface area contributed by atoms with Gasteiger partial charge in [0.15, 0.2) is 0 Å². The molecule has 0 bridgehead atoms. The number of sulfonamides is 1. The van der Waals surface area contributed by atoms with E-state index in [1.165, 1.54) is 24.3 Å². The fourth-order valence-corrected chi connectivity index (χ4v) is 3.58. The molecule has 0 saturated carbocycles. The minimum atomic E-state index is -3.41. The number of hydrogen-bond acceptors (Lipinski definition) is 5. The van der Waals surface area contributed by atoms with E-state index < -0.39 is 16.1 Å². The zero-order chi connectivity index (χ0) is 20.3. The van der Waals surface area contributed by atoms with Gasteiger partial charge in [-0.15, -0.1) is 0 Å². The maximum atomic E-state index is 13.3. The van der Waals surface area contributed by atoms with Gasteiger partial charge in [-0.2, -0.15) is 5.10 Å². The van der Waals surface area contributed by atoms with Crippen LogP contribution in [0, 0.1) is 5.82 Å². The lowest BCUT2D eigenvalue weighted by Gasteiger charge is -2.21. The Balaban J connectivity index is 1.93. The molecule has 1 amide bonds. The first-order valence-corrected chi connectivity index (χ1v) is 10.4. The summed E-state index contributed by atoms with van der Waals surface area (Å²) >= 11 is 0. The molecule has 9 heteroatoms. The van der Waals surface area contributed by atoms with Gasteiger partial charge in [0, 0.05) is 19.2 Å². The summed E-state index contributed by atoms with van der Waals surface area (Å²) in [4.78, 5) is 12.5. The standard InChI is InChI=1S/C19H20FN3O4S/c1-27-12-19(24)23-18(13-6-8-15(20)9-7-13)11-17(21-23)14-4-3-5-16(10-14)22-28(2,25)26/h3-10,18,22H,11-12H2,1-2H3/t18-/m0/s1. The largest absolute Gasteiger partial charge is 0.375 e. The van der Waals surface area contributed by atoms with Crippen molar-refractivity contribution in [2.75, 3.05) is 24.7 Å². The number of halogens is 1. The first kappa shape index (κ1) is 20.0. The molecule has 0 radical (unpaired) electrons. The predicted octanol–water partition coefficient (Wildman–Crippen LogP) is 2.52. The summed E-state index contributed by atoms with van der Waals surface area (Å²) in [6, 6.07) is 12.3. The topological polar surface area (TPSA) is 88.1 Å². The highest BCUT2D eigenvalue weighted by Gasteiger charge is 2.33. The monoisotopic (exact) mass is 405 g/mol. The lowest BCUT2D eigenvalue weighted by molar-refractivity contribution is -0.137. The Kier molecular flexibility index (Phi) is 5.76. The van der Waals surface area contributed by atoms with Crippen molar-refractivity contribution in [3.05, 3.63) is 65.5 Å². The van der Waals surface area contributed by atoms with Crippen LogP contribution in [-0.2, 0) is 19.6 Å². The number of nitrogens with zero attached hydrogens (tertiary/aromatic N) is 2. The number of methoxy groups -OCH3 is 1. The van der Waals surface area contributed by atoms with Crippen molar-refractivity contribution < 1.29 is 22.3 Å². The van der Waals surface area contributed by atoms with Gasteiger partial charge in [0.05, 0.1) is 18.0 Å². The highest BCUT2D eigenvalue weighted by molar-refractivity contribution is 7.92. The minimum absolute atomic E-state index is 0.135. The van der Waals surface area contributed by atoms with Gasteiger partial charge in [0.25, 0.3) is 5.91 Å². The van der Waals surface area contributed by atoms with Crippen molar-refractivity contribution in [1.29, 1.82) is 0 Å². The molecule has 148 valence electrons. The van der Waals surface area contributed by atoms with Crippen LogP contribution in [0.4, 0.5) is 10.1 Å². The smallest absolute Gasteiger partial charge is 0.269 e. The van der Waals surface area contributed by atoms with Gasteiger partial charge >= 0.3 is 0 Å². The number of rotatable bonds is 6. The average Bonchev–Trinajstić information content (AvgIpc) is 3.07. The Hall–Kier alpha value is -2.78. The molecule has 1 aliphatic heterocycles. The summed E-state index contributed by atoms with van der Waals surface area (Å²) in [7, 11) is -1.99. The summed E-state index contributed by atoms with van der Waals surface area (Å²) in [5, 5.41) is 5.78. The summed E-state index contributed by atoms with van der Waals surface area (Å²) in [6.45, 7) is -0.135. The third-order valence-electron chi connectivity index (χ3n) is 4.19. The van der Waals surface area contributed by atoms with Gasteiger partial charge in [0.2, 0.25) is 10.0 Å². The number of anilines is 1. The van der Waals surface area contributed by atoms with Crippen LogP contribution >= 0.6 is 0 Å². The van der Waals surface area contributed by atoms with Crippen LogP contribution in [0.15, 0.2) is 53.6 Å². The number of carbonyl (C=O) groups excluding carboxylic acids is 1. The molecule has 1 aliphatic rings. The van der Waals surface area contributed by atoms with Gasteiger partial charge < -0.3 is 4.74 Å². The first-order chi connectivity index (χ1) is 13.3. The molecule has 3 rings (SSSR count). The number of ether oxygens (including phenoxy) is 1. The Labute approximate surface area is 162 Å². The van der Waals surface area contributed by atoms with Crippen LogP contribution in [0.25, 0.3) is 0 Å². The van der Waals surface area contributed by atoms with E-state index in [2.05, 4.69) is 9.82 Å². The van der Waals surface area contributed by atoms with Gasteiger partial charge in [-0.25, -0.2) is 17.8 Å². The molecular weight excluding hydrogens is 385 g/mol. The maximum Gasteiger partial charge on any atom is 0.269 e. The second kappa shape index (κ2) is 8.07. The van der Waals surface area contributed by atoms with Gasteiger partial charge in [0.1, 0.15) is 12.4 Å². The van der Waals surface area contributed by atoms with Crippen LogP contribution < -0.4 is 4.72 Å². The summed E-state index contributed by atoms with van der Waals surface area (Å²) < 4.78 is 43.6. The Morgan fingerprint density at radius 1 is 1.29 bits per heavy atom. The van der Waals surface area contributed by atoms with Crippen molar-refractivity contribution in [3.63, 3.8) is 0 Å². The van der Waals surface area contributed by atoms with Crippen molar-refractivity contribution in [2.24, 2.45) is 5.10 Å². The zero-order valence-electron chi connectivity index (χ0n) is 15.4. The Morgan fingerprint density at radius 3 is 2.64 bits per heavy atom. The number of hydrogen-bond donors (Lipinski definition) is 1. The van der Waals surface area contributed by atoms with Gasteiger partial charge in [-0.3, -0.25) is 9.52 Å². The third-order valence-corrected chi connectivity index (χ3v) is 4.79. The molecule has 0 unspecified atom stereocenters. The zero-order valence-corrected chi connectivity index (χ0v) is 16.2. The minimum Gasteiger partial charge on any atom is -0.375 e. The molecule has 7 nitrogen and oxygen atoms in total. The molecule has 1 heterocycles. The summed E-state index contributed by atoms with van der Waals surface area (Å²) in [6.07, 6.45) is 1.48. The highest BCUT2D eigenvalue weighted by atomic mass is 32.2. The third kappa shape index (κ3) is 4.73. The normalized spacial score (nSPS) is 16.8. The van der Waals surface area contributed by atoms with E-state index in [1.807, 2.05) is 0 Å². The van der Waals surface area contributed by atoms with E-state index in [9.17, 15) is 17.6 Å². The van der Waals surface area contributed by atoms with Crippen LogP contribution in [0.1, 0.15) is 23.6 Å². The highest BCUT2D eigenvalue weighted by Crippen LogP contribution is 2.33. The van der Waals surface area contributed by atoms with Crippen LogP contribution in [0.5, 0.6) is 0 Å². The fraction of sp³-hybridized carbons (Fsp3) is 0.263. The van der Waals surface area contributed by atoms with Crippen molar-refractivity contribution >= 4 is 27.3 Å². The number of nitrogens with one attached hydrogen (secondary N) is 1.